The van der Waals surface area contributed by atoms with Crippen molar-refractivity contribution < 1.29 is 23.5 Å². The van der Waals surface area contributed by atoms with Crippen LogP contribution < -0.4 is 0 Å². The summed E-state index contributed by atoms with van der Waals surface area (Å²) in [4.78, 5) is 24.7. The molecule has 0 N–H and O–H groups in total. The van der Waals surface area contributed by atoms with Crippen LogP contribution in [0.5, 0.6) is 0 Å². The molecule has 37 heavy (non-hydrogen) atoms. The second-order valence-electron chi connectivity index (χ2n) is 14.8. The minimum atomic E-state index is -0.361. The Morgan fingerprint density at radius 3 is 1.86 bits per heavy atom. The summed E-state index contributed by atoms with van der Waals surface area (Å²) in [5.41, 5.74) is 0.763. The Morgan fingerprint density at radius 2 is 1.38 bits per heavy atom. The van der Waals surface area contributed by atoms with E-state index in [-0.39, 0.29) is 22.2 Å². The van der Waals surface area contributed by atoms with Gasteiger partial charge in [-0.25, -0.2) is 4.79 Å². The summed E-state index contributed by atoms with van der Waals surface area (Å²) in [6, 6.07) is 0. The van der Waals surface area contributed by atoms with E-state index in [2.05, 4.69) is 82.5 Å². The Balaban J connectivity index is 4.97. The Kier molecular flexibility index (Phi) is 14.4. The zero-order chi connectivity index (χ0) is 29.1. The van der Waals surface area contributed by atoms with E-state index in [9.17, 15) is 9.59 Å². The third-order valence-electron chi connectivity index (χ3n) is 6.62. The van der Waals surface area contributed by atoms with Gasteiger partial charge in [0, 0.05) is 31.3 Å². The van der Waals surface area contributed by atoms with Crippen LogP contribution in [0.15, 0.2) is 24.5 Å². The average molecular weight is 523 g/mol. The molecular formula is C32H60NO4+. The minimum Gasteiger partial charge on any atom is -0.493 e. The minimum absolute atomic E-state index is 0.00178. The van der Waals surface area contributed by atoms with Crippen molar-refractivity contribution in [1.82, 2.24) is 0 Å². The van der Waals surface area contributed by atoms with Crippen molar-refractivity contribution in [2.75, 3.05) is 39.9 Å². The lowest BCUT2D eigenvalue weighted by Crippen LogP contribution is -2.49. The maximum Gasteiger partial charge on any atom is 0.333 e. The highest BCUT2D eigenvalue weighted by Crippen LogP contribution is 2.36. The molecule has 0 rings (SSSR count). The number of allylic oxidation sites excluding steroid dienone is 1. The number of Topliss-reactive ketones (excluding diaryl/α,β-unsaturated/α-hetero) is 1. The first kappa shape index (κ1) is 35.4. The predicted molar refractivity (Wildman–Crippen MR) is 156 cm³/mol. The van der Waals surface area contributed by atoms with Crippen molar-refractivity contribution in [3.63, 3.8) is 0 Å². The van der Waals surface area contributed by atoms with Crippen LogP contribution in [-0.2, 0) is 19.1 Å². The molecule has 0 aliphatic rings. The first-order valence-corrected chi connectivity index (χ1v) is 14.1. The van der Waals surface area contributed by atoms with Crippen LogP contribution in [0, 0.1) is 22.2 Å². The van der Waals surface area contributed by atoms with Gasteiger partial charge in [-0.05, 0) is 41.9 Å². The second kappa shape index (κ2) is 15.1. The highest BCUT2D eigenvalue weighted by molar-refractivity contribution is 5.86. The van der Waals surface area contributed by atoms with Crippen molar-refractivity contribution >= 4 is 11.8 Å². The van der Waals surface area contributed by atoms with Gasteiger partial charge in [0.25, 0.3) is 0 Å². The van der Waals surface area contributed by atoms with Crippen LogP contribution in [-0.4, -0.2) is 56.1 Å². The largest absolute Gasteiger partial charge is 0.493 e. The Labute approximate surface area is 229 Å². The number of nitrogens with zero attached hydrogens (tertiary/aromatic N) is 1. The molecule has 216 valence electrons. The van der Waals surface area contributed by atoms with E-state index in [1.165, 1.54) is 0 Å². The van der Waals surface area contributed by atoms with Crippen molar-refractivity contribution in [2.24, 2.45) is 22.2 Å². The summed E-state index contributed by atoms with van der Waals surface area (Å²) < 4.78 is 12.1. The predicted octanol–water partition coefficient (Wildman–Crippen LogP) is 7.75. The molecule has 0 fully saturated rings. The number of likely N-dealkylation sites (N-methyl/N-ethyl adjacent to an activating group) is 1. The van der Waals surface area contributed by atoms with E-state index >= 15 is 0 Å². The first-order chi connectivity index (χ1) is 16.7. The molecule has 0 spiro atoms. The normalized spacial score (nSPS) is 14.3. The number of quaternary nitrogens is 1. The molecule has 5 heteroatoms. The Bertz CT molecular complexity index is 757. The molecule has 0 aromatic carbocycles. The van der Waals surface area contributed by atoms with Gasteiger partial charge in [-0.1, -0.05) is 75.5 Å². The molecule has 0 saturated heterocycles. The van der Waals surface area contributed by atoms with Crippen LogP contribution in [0.1, 0.15) is 108 Å². The molecule has 0 heterocycles. The highest BCUT2D eigenvalue weighted by Gasteiger charge is 2.29. The summed E-state index contributed by atoms with van der Waals surface area (Å²) >= 11 is 0. The van der Waals surface area contributed by atoms with Gasteiger partial charge >= 0.3 is 5.97 Å². The number of esters is 1. The second-order valence-corrected chi connectivity index (χ2v) is 14.8. The van der Waals surface area contributed by atoms with Crippen molar-refractivity contribution in [2.45, 2.75) is 108 Å². The maximum atomic E-state index is 12.8. The van der Waals surface area contributed by atoms with Gasteiger partial charge in [0.05, 0.1) is 19.4 Å². The van der Waals surface area contributed by atoms with E-state index < -0.39 is 0 Å². The van der Waals surface area contributed by atoms with Crippen LogP contribution in [0.4, 0.5) is 0 Å². The van der Waals surface area contributed by atoms with Gasteiger partial charge in [-0.2, -0.15) is 0 Å². The smallest absolute Gasteiger partial charge is 0.333 e. The average Bonchev–Trinajstić information content (AvgIpc) is 2.63. The first-order valence-electron chi connectivity index (χ1n) is 14.1. The number of carbonyl (C=O) groups excluding carboxylic acids is 2. The van der Waals surface area contributed by atoms with Crippen LogP contribution in [0.2, 0.25) is 0 Å². The molecule has 1 unspecified atom stereocenters. The fourth-order valence-corrected chi connectivity index (χ4v) is 5.77. The Hall–Kier alpha value is -1.62. The molecule has 1 atom stereocenters. The van der Waals surface area contributed by atoms with E-state index in [1.54, 1.807) is 6.92 Å². The van der Waals surface area contributed by atoms with Gasteiger partial charge in [-0.15, -0.1) is 0 Å². The topological polar surface area (TPSA) is 52.6 Å². The lowest BCUT2D eigenvalue weighted by atomic mass is 9.73. The number of hydrogen-bond acceptors (Lipinski definition) is 4. The number of ether oxygens (including phenoxy) is 2. The van der Waals surface area contributed by atoms with Gasteiger partial charge in [-0.3, -0.25) is 4.79 Å². The van der Waals surface area contributed by atoms with E-state index in [4.69, 9.17) is 9.47 Å². The molecule has 0 saturated carbocycles. The van der Waals surface area contributed by atoms with Crippen molar-refractivity contribution in [3.8, 4) is 0 Å². The third-order valence-corrected chi connectivity index (χ3v) is 6.62. The molecule has 0 aliphatic carbocycles. The summed E-state index contributed by atoms with van der Waals surface area (Å²) in [6.07, 6.45) is 4.96. The van der Waals surface area contributed by atoms with Gasteiger partial charge in [0.15, 0.2) is 0 Å². The van der Waals surface area contributed by atoms with E-state index in [0.717, 1.165) is 44.5 Å². The number of hydrogen-bond donors (Lipinski definition) is 0. The number of ketones is 1. The summed E-state index contributed by atoms with van der Waals surface area (Å²) in [6.45, 7) is 32.7. The van der Waals surface area contributed by atoms with Crippen LogP contribution >= 0.6 is 0 Å². The van der Waals surface area contributed by atoms with Crippen LogP contribution in [0.25, 0.3) is 0 Å². The molecule has 0 bridgehead atoms. The number of rotatable bonds is 19. The summed E-state index contributed by atoms with van der Waals surface area (Å²) in [5, 5.41) is 0. The molecule has 0 radical (unpaired) electrons. The number of carbonyl (C=O) groups is 2. The lowest BCUT2D eigenvalue weighted by Gasteiger charge is -2.35. The fraction of sp³-hybridized carbons (Fsp3) is 0.812. The fourth-order valence-electron chi connectivity index (χ4n) is 5.77. The molecule has 0 amide bonds. The zero-order valence-corrected chi connectivity index (χ0v) is 26.3. The Morgan fingerprint density at radius 1 is 0.838 bits per heavy atom. The lowest BCUT2D eigenvalue weighted by molar-refractivity contribution is -0.910. The summed E-state index contributed by atoms with van der Waals surface area (Å²) in [7, 11) is 2.15. The SMILES string of the molecule is C=C(CC(C)(C)CC(C)C)OCC[N+](C)(CCCC(=O)CC(C)(C)CC(C)(C)C)CCOC(=O)C(=C)C. The van der Waals surface area contributed by atoms with Crippen LogP contribution in [0.3, 0.4) is 0 Å². The van der Waals surface area contributed by atoms with Gasteiger partial charge < -0.3 is 14.0 Å². The van der Waals surface area contributed by atoms with Gasteiger partial charge in [0.2, 0.25) is 0 Å². The maximum absolute atomic E-state index is 12.8. The molecular weight excluding hydrogens is 462 g/mol. The summed E-state index contributed by atoms with van der Waals surface area (Å²) in [5.74, 6) is 1.42. The molecule has 0 aliphatic heterocycles. The molecule has 0 aromatic rings. The van der Waals surface area contributed by atoms with Crippen molar-refractivity contribution in [3.05, 3.63) is 24.5 Å². The van der Waals surface area contributed by atoms with E-state index in [1.807, 2.05) is 0 Å². The molecule has 5 nitrogen and oxygen atoms in total. The zero-order valence-electron chi connectivity index (χ0n) is 26.3. The monoisotopic (exact) mass is 522 g/mol. The van der Waals surface area contributed by atoms with Crippen molar-refractivity contribution in [1.29, 1.82) is 0 Å². The van der Waals surface area contributed by atoms with Gasteiger partial charge in [0.1, 0.15) is 32.1 Å². The van der Waals surface area contributed by atoms with E-state index in [0.29, 0.717) is 54.4 Å². The third kappa shape index (κ3) is 18.3. The standard InChI is InChI=1S/C32H60NO4/c1-25(2)21-31(9,10)22-27(5)36-19-17-33(13,18-20-37-29(35)26(3)4)16-14-15-28(34)23-32(11,12)24-30(6,7)8/h25H,3,5,14-24H2,1-2,4,6-13H3/q+1. The quantitative estimate of drug-likeness (QED) is 0.0753. The highest BCUT2D eigenvalue weighted by atomic mass is 16.5. The molecule has 0 aromatic heterocycles.